The first-order chi connectivity index (χ1) is 14.7. The van der Waals surface area contributed by atoms with Crippen molar-refractivity contribution >= 4 is 28.3 Å². The van der Waals surface area contributed by atoms with E-state index >= 15 is 0 Å². The van der Waals surface area contributed by atoms with Gasteiger partial charge in [0.15, 0.2) is 0 Å². The molecule has 0 radical (unpaired) electrons. The lowest BCUT2D eigenvalue weighted by Crippen LogP contribution is -2.40. The Morgan fingerprint density at radius 3 is 2.67 bits per heavy atom. The molecule has 2 fully saturated rings. The maximum absolute atomic E-state index is 13.4. The predicted molar refractivity (Wildman–Crippen MR) is 114 cm³/mol. The average molecular weight is 401 g/mol. The second-order valence-electron chi connectivity index (χ2n) is 8.82. The molecule has 3 aliphatic rings. The molecule has 0 unspecified atom stereocenters. The van der Waals surface area contributed by atoms with Gasteiger partial charge in [0.05, 0.1) is 5.69 Å². The molecule has 2 heterocycles. The van der Waals surface area contributed by atoms with Crippen LogP contribution in [0.2, 0.25) is 0 Å². The van der Waals surface area contributed by atoms with Gasteiger partial charge >= 0.3 is 11.6 Å². The maximum Gasteiger partial charge on any atom is 0.338 e. The van der Waals surface area contributed by atoms with E-state index in [1.165, 1.54) is 25.3 Å². The number of esters is 1. The van der Waals surface area contributed by atoms with Crippen molar-refractivity contribution in [3.63, 3.8) is 0 Å². The van der Waals surface area contributed by atoms with E-state index in [-0.39, 0.29) is 12.1 Å². The van der Waals surface area contributed by atoms with E-state index in [2.05, 4.69) is 0 Å². The second-order valence-corrected chi connectivity index (χ2v) is 8.82. The molecule has 5 nitrogen and oxygen atoms in total. The lowest BCUT2D eigenvalue weighted by atomic mass is 9.97. The largest absolute Gasteiger partial charge is 0.461 e. The van der Waals surface area contributed by atoms with Gasteiger partial charge in [-0.2, -0.15) is 0 Å². The monoisotopic (exact) mass is 401 g/mol. The molecule has 5 heteroatoms. The van der Waals surface area contributed by atoms with E-state index in [9.17, 15) is 9.59 Å². The number of rotatable bonds is 3. The van der Waals surface area contributed by atoms with Crippen molar-refractivity contribution in [1.29, 1.82) is 0 Å². The van der Waals surface area contributed by atoms with Gasteiger partial charge in [-0.25, -0.2) is 9.59 Å². The first-order valence-electron chi connectivity index (χ1n) is 10.8. The predicted octanol–water partition coefficient (Wildman–Crippen LogP) is 4.59. The summed E-state index contributed by atoms with van der Waals surface area (Å²) in [7, 11) is 0. The normalized spacial score (nSPS) is 26.9. The van der Waals surface area contributed by atoms with Crippen LogP contribution in [0, 0.1) is 11.8 Å². The minimum absolute atomic E-state index is 0.0411. The molecule has 2 aromatic carbocycles. The summed E-state index contributed by atoms with van der Waals surface area (Å²) in [5.41, 5.74) is 2.83. The first kappa shape index (κ1) is 17.8. The standard InChI is InChI=1S/C25H23NO4/c27-24-14-20(18-6-2-4-8-22(18)29-24)26-19-7-3-1-5-16(19)13-21(26)25(28)30-23-12-15-9-10-17(23)11-15/h1-8,14-15,17,21,23H,9-13H2/t15-,17+,21-,23+/m0/s1. The summed E-state index contributed by atoms with van der Waals surface area (Å²) in [6.07, 6.45) is 5.24. The van der Waals surface area contributed by atoms with Gasteiger partial charge in [0.1, 0.15) is 17.7 Å². The Balaban J connectivity index is 1.42. The number of hydrogen-bond donors (Lipinski definition) is 0. The molecule has 3 aromatic rings. The van der Waals surface area contributed by atoms with Crippen molar-refractivity contribution < 1.29 is 13.9 Å². The van der Waals surface area contributed by atoms with Gasteiger partial charge in [-0.3, -0.25) is 0 Å². The topological polar surface area (TPSA) is 59.8 Å². The zero-order chi connectivity index (χ0) is 20.2. The first-order valence-corrected chi connectivity index (χ1v) is 10.8. The molecule has 1 aliphatic heterocycles. The van der Waals surface area contributed by atoms with E-state index < -0.39 is 11.7 Å². The summed E-state index contributed by atoms with van der Waals surface area (Å²) in [5, 5.41) is 0.812. The molecular formula is C25H23NO4. The minimum Gasteiger partial charge on any atom is -0.461 e. The minimum atomic E-state index is -0.480. The molecule has 2 bridgehead atoms. The molecule has 0 saturated heterocycles. The van der Waals surface area contributed by atoms with Crippen molar-refractivity contribution in [2.24, 2.45) is 11.8 Å². The van der Waals surface area contributed by atoms with E-state index in [0.717, 1.165) is 23.1 Å². The third-order valence-corrected chi connectivity index (χ3v) is 7.08. The zero-order valence-electron chi connectivity index (χ0n) is 16.6. The quantitative estimate of drug-likeness (QED) is 0.475. The maximum atomic E-state index is 13.4. The van der Waals surface area contributed by atoms with E-state index in [1.54, 1.807) is 6.07 Å². The van der Waals surface area contributed by atoms with Crippen molar-refractivity contribution in [2.45, 2.75) is 44.2 Å². The molecule has 4 atom stereocenters. The van der Waals surface area contributed by atoms with Crippen molar-refractivity contribution in [1.82, 2.24) is 0 Å². The van der Waals surface area contributed by atoms with Crippen molar-refractivity contribution in [3.8, 4) is 0 Å². The molecule has 0 spiro atoms. The number of hydrogen-bond acceptors (Lipinski definition) is 5. The molecule has 1 aromatic heterocycles. The number of nitrogens with zero attached hydrogens (tertiary/aromatic N) is 1. The van der Waals surface area contributed by atoms with Crippen molar-refractivity contribution in [2.75, 3.05) is 4.90 Å². The Bertz CT molecular complexity index is 1200. The smallest absolute Gasteiger partial charge is 0.338 e. The van der Waals surface area contributed by atoms with Gasteiger partial charge in [0, 0.05) is 23.6 Å². The molecular weight excluding hydrogens is 378 g/mol. The lowest BCUT2D eigenvalue weighted by Gasteiger charge is -2.29. The number of carbonyl (C=O) groups excluding carboxylic acids is 1. The highest BCUT2D eigenvalue weighted by molar-refractivity contribution is 5.97. The Labute approximate surface area is 174 Å². The Morgan fingerprint density at radius 1 is 1.00 bits per heavy atom. The summed E-state index contributed by atoms with van der Waals surface area (Å²) >= 11 is 0. The van der Waals surface area contributed by atoms with Crippen LogP contribution in [0.1, 0.15) is 31.2 Å². The third kappa shape index (κ3) is 2.76. The van der Waals surface area contributed by atoms with Crippen LogP contribution >= 0.6 is 0 Å². The van der Waals surface area contributed by atoms with Gasteiger partial charge in [0.2, 0.25) is 0 Å². The molecule has 2 aliphatic carbocycles. The highest BCUT2D eigenvalue weighted by atomic mass is 16.5. The number of fused-ring (bicyclic) bond motifs is 4. The van der Waals surface area contributed by atoms with Crippen LogP contribution in [0.4, 0.5) is 11.4 Å². The van der Waals surface area contributed by atoms with Crippen molar-refractivity contribution in [3.05, 3.63) is 70.6 Å². The Kier molecular flexibility index (Phi) is 3.98. The number of anilines is 2. The molecule has 30 heavy (non-hydrogen) atoms. The zero-order valence-corrected chi connectivity index (χ0v) is 16.6. The fourth-order valence-corrected chi connectivity index (χ4v) is 5.72. The molecule has 152 valence electrons. The summed E-state index contributed by atoms with van der Waals surface area (Å²) in [4.78, 5) is 27.7. The van der Waals surface area contributed by atoms with E-state index in [0.29, 0.717) is 29.5 Å². The fourth-order valence-electron chi connectivity index (χ4n) is 5.72. The summed E-state index contributed by atoms with van der Waals surface area (Å²) in [6, 6.07) is 16.5. The number of ether oxygens (including phenoxy) is 1. The van der Waals surface area contributed by atoms with Crippen LogP contribution in [0.5, 0.6) is 0 Å². The third-order valence-electron chi connectivity index (χ3n) is 7.08. The summed E-state index contributed by atoms with van der Waals surface area (Å²) in [6.45, 7) is 0. The second kappa shape index (κ2) is 6.73. The van der Waals surface area contributed by atoms with Gasteiger partial charge in [-0.1, -0.05) is 30.3 Å². The van der Waals surface area contributed by atoms with E-state index in [1.807, 2.05) is 47.4 Å². The van der Waals surface area contributed by atoms with Gasteiger partial charge in [-0.05, 0) is 61.3 Å². The fraction of sp³-hybridized carbons (Fsp3) is 0.360. The highest BCUT2D eigenvalue weighted by Gasteiger charge is 2.44. The van der Waals surface area contributed by atoms with Crippen LogP contribution in [0.3, 0.4) is 0 Å². The van der Waals surface area contributed by atoms with E-state index in [4.69, 9.17) is 9.15 Å². The molecule has 0 N–H and O–H groups in total. The van der Waals surface area contributed by atoms with Crippen LogP contribution < -0.4 is 10.5 Å². The molecule has 6 rings (SSSR count). The number of carbonyl (C=O) groups is 1. The van der Waals surface area contributed by atoms with Crippen LogP contribution in [0.15, 0.2) is 63.8 Å². The van der Waals surface area contributed by atoms with Crippen LogP contribution in [-0.2, 0) is 16.0 Å². The molecule has 2 saturated carbocycles. The SMILES string of the molecule is O=C(O[C@@H]1C[C@H]2CC[C@@H]1C2)[C@@H]1Cc2ccccc2N1c1cc(=O)oc2ccccc12. The van der Waals surface area contributed by atoms with Crippen LogP contribution in [0.25, 0.3) is 11.0 Å². The summed E-state index contributed by atoms with van der Waals surface area (Å²) in [5.74, 6) is 1.04. The number of benzene rings is 2. The summed E-state index contributed by atoms with van der Waals surface area (Å²) < 4.78 is 11.5. The van der Waals surface area contributed by atoms with Gasteiger partial charge < -0.3 is 14.1 Å². The van der Waals surface area contributed by atoms with Gasteiger partial charge in [0.25, 0.3) is 0 Å². The Hall–Kier alpha value is -3.08. The van der Waals surface area contributed by atoms with Gasteiger partial charge in [-0.15, -0.1) is 0 Å². The average Bonchev–Trinajstić information content (AvgIpc) is 3.47. The molecule has 0 amide bonds. The lowest BCUT2D eigenvalue weighted by molar-refractivity contribution is -0.152. The highest BCUT2D eigenvalue weighted by Crippen LogP contribution is 2.47. The number of para-hydroxylation sites is 2. The van der Waals surface area contributed by atoms with Crippen LogP contribution in [-0.4, -0.2) is 18.1 Å². The Morgan fingerprint density at radius 2 is 1.83 bits per heavy atom.